The van der Waals surface area contributed by atoms with Crippen LogP contribution in [0, 0.1) is 0 Å². The molecule has 0 bridgehead atoms. The van der Waals surface area contributed by atoms with Crippen molar-refractivity contribution in [2.75, 3.05) is 19.6 Å². The van der Waals surface area contributed by atoms with Gasteiger partial charge in [-0.3, -0.25) is 4.79 Å². The Balaban J connectivity index is 2.16. The summed E-state index contributed by atoms with van der Waals surface area (Å²) in [4.78, 5) is 14.5. The molecular weight excluding hydrogens is 238 g/mol. The van der Waals surface area contributed by atoms with Gasteiger partial charge in [-0.05, 0) is 31.5 Å². The number of hydrogen-bond acceptors (Lipinski definition) is 2. The third-order valence-electron chi connectivity index (χ3n) is 3.92. The van der Waals surface area contributed by atoms with Crippen molar-refractivity contribution in [1.29, 1.82) is 0 Å². The van der Waals surface area contributed by atoms with Gasteiger partial charge < -0.3 is 14.8 Å². The minimum absolute atomic E-state index is 0.231. The van der Waals surface area contributed by atoms with Gasteiger partial charge in [-0.15, -0.1) is 0 Å². The second-order valence-electron chi connectivity index (χ2n) is 5.28. The van der Waals surface area contributed by atoms with E-state index in [0.29, 0.717) is 6.54 Å². The number of carbonyl (C=O) groups excluding carboxylic acids is 1. The Morgan fingerprint density at radius 3 is 2.95 bits per heavy atom. The summed E-state index contributed by atoms with van der Waals surface area (Å²) in [5.41, 5.74) is 1.26. The average molecular weight is 263 g/mol. The molecular formula is C15H25N3O. The van der Waals surface area contributed by atoms with Crippen LogP contribution in [0.1, 0.15) is 44.3 Å². The Bertz CT molecular complexity index is 413. The molecule has 106 valence electrons. The molecule has 0 radical (unpaired) electrons. The summed E-state index contributed by atoms with van der Waals surface area (Å²) in [5, 5.41) is 3.15. The summed E-state index contributed by atoms with van der Waals surface area (Å²) in [6.07, 6.45) is 6.70. The van der Waals surface area contributed by atoms with Crippen LogP contribution in [-0.4, -0.2) is 35.0 Å². The van der Waals surface area contributed by atoms with E-state index in [0.717, 1.165) is 25.9 Å². The Morgan fingerprint density at radius 1 is 1.42 bits per heavy atom. The molecule has 1 amide bonds. The first-order valence-electron chi connectivity index (χ1n) is 7.35. The lowest BCUT2D eigenvalue weighted by atomic mass is 10.1. The molecule has 1 aliphatic rings. The van der Waals surface area contributed by atoms with Crippen LogP contribution in [-0.2, 0) is 11.8 Å². The van der Waals surface area contributed by atoms with E-state index in [9.17, 15) is 4.79 Å². The van der Waals surface area contributed by atoms with E-state index in [-0.39, 0.29) is 11.9 Å². The first kappa shape index (κ1) is 14.1. The molecule has 0 saturated carbocycles. The first-order chi connectivity index (χ1) is 9.24. The number of amides is 1. The second-order valence-corrected chi connectivity index (χ2v) is 5.28. The van der Waals surface area contributed by atoms with Crippen molar-refractivity contribution in [3.05, 3.63) is 24.0 Å². The summed E-state index contributed by atoms with van der Waals surface area (Å²) in [6, 6.07) is 4.45. The van der Waals surface area contributed by atoms with Gasteiger partial charge in [0.05, 0.1) is 12.6 Å². The topological polar surface area (TPSA) is 37.3 Å². The highest BCUT2D eigenvalue weighted by Gasteiger charge is 2.27. The van der Waals surface area contributed by atoms with Crippen LogP contribution >= 0.6 is 0 Å². The Labute approximate surface area is 115 Å². The highest BCUT2D eigenvalue weighted by Crippen LogP contribution is 2.30. The number of hydrogen-bond donors (Lipinski definition) is 1. The van der Waals surface area contributed by atoms with Crippen LogP contribution in [0.5, 0.6) is 0 Å². The van der Waals surface area contributed by atoms with Gasteiger partial charge in [0, 0.05) is 25.5 Å². The number of nitrogens with zero attached hydrogens (tertiary/aromatic N) is 2. The third kappa shape index (κ3) is 3.38. The monoisotopic (exact) mass is 263 g/mol. The summed E-state index contributed by atoms with van der Waals surface area (Å²) in [5.74, 6) is 0.231. The molecule has 0 aliphatic carbocycles. The molecule has 1 fully saturated rings. The van der Waals surface area contributed by atoms with Gasteiger partial charge in [0.1, 0.15) is 0 Å². The van der Waals surface area contributed by atoms with Crippen molar-refractivity contribution in [2.24, 2.45) is 7.05 Å². The second kappa shape index (κ2) is 6.75. The van der Waals surface area contributed by atoms with Crippen LogP contribution in [0.15, 0.2) is 18.3 Å². The van der Waals surface area contributed by atoms with Crippen LogP contribution < -0.4 is 5.32 Å². The number of aromatic nitrogens is 1. The fourth-order valence-electron chi connectivity index (χ4n) is 2.87. The van der Waals surface area contributed by atoms with E-state index in [1.54, 1.807) is 0 Å². The predicted octanol–water partition coefficient (Wildman–Crippen LogP) is 2.08. The molecule has 1 aliphatic heterocycles. The molecule has 2 rings (SSSR count). The maximum absolute atomic E-state index is 12.4. The molecule has 1 unspecified atom stereocenters. The highest BCUT2D eigenvalue weighted by molar-refractivity contribution is 5.78. The SMILES string of the molecule is CCNCC(=O)N1CCCCCC1c1cccn1C. The van der Waals surface area contributed by atoms with Crippen LogP contribution in [0.2, 0.25) is 0 Å². The molecule has 1 aromatic rings. The van der Waals surface area contributed by atoms with E-state index in [1.165, 1.54) is 18.5 Å². The smallest absolute Gasteiger partial charge is 0.237 e. The standard InChI is InChI=1S/C15H25N3O/c1-3-16-12-15(19)18-11-6-4-5-8-14(18)13-9-7-10-17(13)2/h7,9-10,14,16H,3-6,8,11-12H2,1-2H3. The zero-order chi connectivity index (χ0) is 13.7. The van der Waals surface area contributed by atoms with Gasteiger partial charge in [-0.1, -0.05) is 19.8 Å². The van der Waals surface area contributed by atoms with Crippen molar-refractivity contribution in [1.82, 2.24) is 14.8 Å². The van der Waals surface area contributed by atoms with E-state index >= 15 is 0 Å². The predicted molar refractivity (Wildman–Crippen MR) is 76.9 cm³/mol. The molecule has 0 spiro atoms. The van der Waals surface area contributed by atoms with Crippen molar-refractivity contribution >= 4 is 5.91 Å². The quantitative estimate of drug-likeness (QED) is 0.903. The van der Waals surface area contributed by atoms with Gasteiger partial charge in [0.15, 0.2) is 0 Å². The molecule has 4 nitrogen and oxygen atoms in total. The van der Waals surface area contributed by atoms with E-state index in [1.807, 2.05) is 6.92 Å². The van der Waals surface area contributed by atoms with Crippen LogP contribution in [0.4, 0.5) is 0 Å². The largest absolute Gasteiger partial charge is 0.353 e. The zero-order valence-electron chi connectivity index (χ0n) is 12.1. The van der Waals surface area contributed by atoms with E-state index < -0.39 is 0 Å². The molecule has 1 N–H and O–H groups in total. The number of carbonyl (C=O) groups is 1. The Hall–Kier alpha value is -1.29. The van der Waals surface area contributed by atoms with Crippen LogP contribution in [0.25, 0.3) is 0 Å². The van der Waals surface area contributed by atoms with Gasteiger partial charge >= 0.3 is 0 Å². The number of likely N-dealkylation sites (N-methyl/N-ethyl adjacent to an activating group) is 1. The molecule has 1 aromatic heterocycles. The normalized spacial score (nSPS) is 20.3. The van der Waals surface area contributed by atoms with Crippen molar-refractivity contribution in [3.63, 3.8) is 0 Å². The molecule has 4 heteroatoms. The van der Waals surface area contributed by atoms with Gasteiger partial charge in [0.25, 0.3) is 0 Å². The van der Waals surface area contributed by atoms with Crippen molar-refractivity contribution in [3.8, 4) is 0 Å². The number of aryl methyl sites for hydroxylation is 1. The van der Waals surface area contributed by atoms with Crippen molar-refractivity contribution in [2.45, 2.75) is 38.6 Å². The van der Waals surface area contributed by atoms with Gasteiger partial charge in [0.2, 0.25) is 5.91 Å². The molecule has 19 heavy (non-hydrogen) atoms. The minimum Gasteiger partial charge on any atom is -0.353 e. The summed E-state index contributed by atoms with van der Waals surface area (Å²) in [7, 11) is 2.06. The Kier molecular flexibility index (Phi) is 5.02. The fourth-order valence-corrected chi connectivity index (χ4v) is 2.87. The number of rotatable bonds is 4. The van der Waals surface area contributed by atoms with Crippen LogP contribution in [0.3, 0.4) is 0 Å². The summed E-state index contributed by atoms with van der Waals surface area (Å²) in [6.45, 7) is 4.22. The average Bonchev–Trinajstić information content (AvgIpc) is 2.69. The first-order valence-corrected chi connectivity index (χ1v) is 7.35. The van der Waals surface area contributed by atoms with Gasteiger partial charge in [-0.25, -0.2) is 0 Å². The lowest BCUT2D eigenvalue weighted by molar-refractivity contribution is -0.132. The zero-order valence-corrected chi connectivity index (χ0v) is 12.1. The van der Waals surface area contributed by atoms with E-state index in [2.05, 4.69) is 40.2 Å². The lowest BCUT2D eigenvalue weighted by Gasteiger charge is -2.30. The molecule has 1 saturated heterocycles. The third-order valence-corrected chi connectivity index (χ3v) is 3.92. The highest BCUT2D eigenvalue weighted by atomic mass is 16.2. The minimum atomic E-state index is 0.231. The molecule has 0 aromatic carbocycles. The van der Waals surface area contributed by atoms with Crippen molar-refractivity contribution < 1.29 is 4.79 Å². The maximum Gasteiger partial charge on any atom is 0.237 e. The number of likely N-dealkylation sites (tertiary alicyclic amines) is 1. The van der Waals surface area contributed by atoms with E-state index in [4.69, 9.17) is 0 Å². The summed E-state index contributed by atoms with van der Waals surface area (Å²) >= 11 is 0. The molecule has 2 heterocycles. The lowest BCUT2D eigenvalue weighted by Crippen LogP contribution is -2.41. The summed E-state index contributed by atoms with van der Waals surface area (Å²) < 4.78 is 2.14. The maximum atomic E-state index is 12.4. The Morgan fingerprint density at radius 2 is 2.26 bits per heavy atom. The van der Waals surface area contributed by atoms with Gasteiger partial charge in [-0.2, -0.15) is 0 Å². The molecule has 1 atom stereocenters. The fraction of sp³-hybridized carbons (Fsp3) is 0.667. The number of nitrogens with one attached hydrogen (secondary N) is 1.